The zero-order valence-corrected chi connectivity index (χ0v) is 5.81. The van der Waals surface area contributed by atoms with Crippen LogP contribution in [0.15, 0.2) is 29.6 Å². The number of rotatable bonds is 1. The van der Waals surface area contributed by atoms with Crippen LogP contribution in [-0.4, -0.2) is 29.4 Å². The molecule has 10 heavy (non-hydrogen) atoms. The Labute approximate surface area is 59.9 Å². The van der Waals surface area contributed by atoms with Gasteiger partial charge in [-0.3, -0.25) is 0 Å². The van der Waals surface area contributed by atoms with Crippen LogP contribution in [0.4, 0.5) is 0 Å². The van der Waals surface area contributed by atoms with Gasteiger partial charge < -0.3 is 10.1 Å². The van der Waals surface area contributed by atoms with E-state index in [0.717, 1.165) is 0 Å². The smallest absolute Gasteiger partial charge is 0.0855 e. The fourth-order valence-electron chi connectivity index (χ4n) is 0.822. The number of likely N-dealkylation sites (N-methyl/N-ethyl adjacent to an activating group) is 1. The third-order valence-electron chi connectivity index (χ3n) is 1.43. The molecule has 1 aliphatic rings. The fraction of sp³-hybridized carbons (Fsp3) is 0.286. The molecule has 0 amide bonds. The van der Waals surface area contributed by atoms with E-state index >= 15 is 0 Å². The van der Waals surface area contributed by atoms with Crippen molar-refractivity contribution < 1.29 is 5.21 Å². The molecule has 0 bridgehead atoms. The second-order valence-corrected chi connectivity index (χ2v) is 2.15. The van der Waals surface area contributed by atoms with Crippen molar-refractivity contribution in [2.45, 2.75) is 6.04 Å². The molecule has 1 rings (SSSR count). The largest absolute Gasteiger partial charge is 0.411 e. The topological polar surface area (TPSA) is 35.8 Å². The first-order valence-electron chi connectivity index (χ1n) is 3.09. The van der Waals surface area contributed by atoms with Crippen molar-refractivity contribution in [1.82, 2.24) is 4.90 Å². The molecule has 3 heteroatoms. The van der Waals surface area contributed by atoms with E-state index in [0.29, 0.717) is 0 Å². The lowest BCUT2D eigenvalue weighted by Crippen LogP contribution is -2.27. The Morgan fingerprint density at radius 1 is 1.60 bits per heavy atom. The minimum atomic E-state index is 0.0926. The number of nitrogens with zero attached hydrogens (tertiary/aromatic N) is 2. The Kier molecular flexibility index (Phi) is 2.10. The maximum absolute atomic E-state index is 8.22. The first-order valence-corrected chi connectivity index (χ1v) is 3.09. The van der Waals surface area contributed by atoms with Crippen LogP contribution >= 0.6 is 0 Å². The van der Waals surface area contributed by atoms with Crippen molar-refractivity contribution in [3.63, 3.8) is 0 Å². The van der Waals surface area contributed by atoms with Crippen LogP contribution in [0.1, 0.15) is 0 Å². The maximum Gasteiger partial charge on any atom is 0.0855 e. The summed E-state index contributed by atoms with van der Waals surface area (Å²) < 4.78 is 0. The van der Waals surface area contributed by atoms with Crippen LogP contribution in [-0.2, 0) is 0 Å². The predicted octanol–water partition coefficient (Wildman–Crippen LogP) is 0.830. The third kappa shape index (κ3) is 1.37. The summed E-state index contributed by atoms with van der Waals surface area (Å²) in [6.07, 6.45) is 9.19. The van der Waals surface area contributed by atoms with Gasteiger partial charge in [-0.25, -0.2) is 0 Å². The van der Waals surface area contributed by atoms with Gasteiger partial charge in [-0.05, 0) is 12.3 Å². The average Bonchev–Trinajstić information content (AvgIpc) is 1.94. The molecule has 1 N–H and O–H groups in total. The molecule has 1 aliphatic heterocycles. The average molecular weight is 138 g/mol. The zero-order chi connectivity index (χ0) is 7.40. The molecule has 3 nitrogen and oxygen atoms in total. The highest BCUT2D eigenvalue weighted by Gasteiger charge is 2.05. The van der Waals surface area contributed by atoms with Gasteiger partial charge in [-0.15, -0.1) is 0 Å². The Hall–Kier alpha value is -1.25. The van der Waals surface area contributed by atoms with Crippen molar-refractivity contribution in [3.05, 3.63) is 24.4 Å². The molecule has 54 valence electrons. The second-order valence-electron chi connectivity index (χ2n) is 2.15. The molecule has 0 aromatic heterocycles. The van der Waals surface area contributed by atoms with Gasteiger partial charge in [0, 0.05) is 7.05 Å². The lowest BCUT2D eigenvalue weighted by atomic mass is 10.2. The molecule has 0 aromatic carbocycles. The Morgan fingerprint density at radius 3 is 3.00 bits per heavy atom. The Bertz CT molecular complexity index is 184. The third-order valence-corrected chi connectivity index (χ3v) is 1.43. The highest BCUT2D eigenvalue weighted by molar-refractivity contribution is 5.67. The lowest BCUT2D eigenvalue weighted by molar-refractivity contribution is 0.316. The normalized spacial score (nSPS) is 24.5. The monoisotopic (exact) mass is 138 g/mol. The molecule has 1 unspecified atom stereocenters. The maximum atomic E-state index is 8.22. The lowest BCUT2D eigenvalue weighted by Gasteiger charge is -2.21. The van der Waals surface area contributed by atoms with Gasteiger partial charge in [0.25, 0.3) is 0 Å². The van der Waals surface area contributed by atoms with Gasteiger partial charge in [-0.1, -0.05) is 17.3 Å². The summed E-state index contributed by atoms with van der Waals surface area (Å²) >= 11 is 0. The summed E-state index contributed by atoms with van der Waals surface area (Å²) in [5.74, 6) is 0. The second kappa shape index (κ2) is 3.06. The Morgan fingerprint density at radius 2 is 2.40 bits per heavy atom. The summed E-state index contributed by atoms with van der Waals surface area (Å²) in [5.41, 5.74) is 0. The summed E-state index contributed by atoms with van der Waals surface area (Å²) in [7, 11) is 1.92. The van der Waals surface area contributed by atoms with Gasteiger partial charge in [-0.2, -0.15) is 0 Å². The van der Waals surface area contributed by atoms with E-state index in [-0.39, 0.29) is 6.04 Å². The van der Waals surface area contributed by atoms with Gasteiger partial charge >= 0.3 is 0 Å². The summed E-state index contributed by atoms with van der Waals surface area (Å²) in [6.45, 7) is 0. The summed E-state index contributed by atoms with van der Waals surface area (Å²) in [4.78, 5) is 1.94. The van der Waals surface area contributed by atoms with Crippen LogP contribution < -0.4 is 0 Å². The number of hydrogen-bond acceptors (Lipinski definition) is 3. The summed E-state index contributed by atoms with van der Waals surface area (Å²) in [6, 6.07) is 0.0926. The SMILES string of the molecule is CN1C=CC=CC1C=NO. The van der Waals surface area contributed by atoms with Crippen LogP contribution in [0, 0.1) is 0 Å². The molecule has 1 atom stereocenters. The highest BCUT2D eigenvalue weighted by Crippen LogP contribution is 2.02. The minimum absolute atomic E-state index is 0.0926. The van der Waals surface area contributed by atoms with E-state index in [4.69, 9.17) is 5.21 Å². The van der Waals surface area contributed by atoms with Crippen molar-refractivity contribution in [2.75, 3.05) is 7.05 Å². The van der Waals surface area contributed by atoms with E-state index in [1.165, 1.54) is 6.21 Å². The van der Waals surface area contributed by atoms with Crippen LogP contribution in [0.2, 0.25) is 0 Å². The van der Waals surface area contributed by atoms with Crippen LogP contribution in [0.5, 0.6) is 0 Å². The molecular weight excluding hydrogens is 128 g/mol. The number of allylic oxidation sites excluding steroid dienone is 2. The van der Waals surface area contributed by atoms with E-state index < -0.39 is 0 Å². The van der Waals surface area contributed by atoms with Gasteiger partial charge in [0.05, 0.1) is 12.3 Å². The first-order chi connectivity index (χ1) is 4.84. The molecule has 0 aromatic rings. The van der Waals surface area contributed by atoms with E-state index in [1.54, 1.807) is 0 Å². The number of oxime groups is 1. The van der Waals surface area contributed by atoms with Crippen molar-refractivity contribution in [3.8, 4) is 0 Å². The minimum Gasteiger partial charge on any atom is -0.411 e. The zero-order valence-electron chi connectivity index (χ0n) is 5.81. The fourth-order valence-corrected chi connectivity index (χ4v) is 0.822. The Balaban J connectivity index is 2.61. The number of hydrogen-bond donors (Lipinski definition) is 1. The molecule has 0 spiro atoms. The first kappa shape index (κ1) is 6.86. The van der Waals surface area contributed by atoms with E-state index in [2.05, 4.69) is 5.16 Å². The highest BCUT2D eigenvalue weighted by atomic mass is 16.4. The molecule has 1 heterocycles. The van der Waals surface area contributed by atoms with Crippen LogP contribution in [0.25, 0.3) is 0 Å². The summed E-state index contributed by atoms with van der Waals surface area (Å²) in [5, 5.41) is 11.2. The van der Waals surface area contributed by atoms with Crippen molar-refractivity contribution in [1.29, 1.82) is 0 Å². The van der Waals surface area contributed by atoms with Crippen LogP contribution in [0.3, 0.4) is 0 Å². The molecule has 0 fully saturated rings. The standard InChI is InChI=1S/C7H10N2O/c1-9-5-3-2-4-7(9)6-8-10/h2-7,10H,1H3. The molecular formula is C7H10N2O. The quantitative estimate of drug-likeness (QED) is 0.331. The van der Waals surface area contributed by atoms with E-state index in [9.17, 15) is 0 Å². The van der Waals surface area contributed by atoms with Crippen molar-refractivity contribution in [2.24, 2.45) is 5.16 Å². The van der Waals surface area contributed by atoms with Crippen molar-refractivity contribution >= 4 is 6.21 Å². The molecule has 0 saturated heterocycles. The molecule has 0 radical (unpaired) electrons. The van der Waals surface area contributed by atoms with Gasteiger partial charge in [0.15, 0.2) is 0 Å². The predicted molar refractivity (Wildman–Crippen MR) is 40.1 cm³/mol. The van der Waals surface area contributed by atoms with Gasteiger partial charge in [0.2, 0.25) is 0 Å². The molecule has 0 aliphatic carbocycles. The van der Waals surface area contributed by atoms with Gasteiger partial charge in [0.1, 0.15) is 0 Å². The van der Waals surface area contributed by atoms with E-state index in [1.807, 2.05) is 36.4 Å². The molecule has 0 saturated carbocycles.